The van der Waals surface area contributed by atoms with Crippen LogP contribution < -0.4 is 10.1 Å². The molecule has 0 spiro atoms. The van der Waals surface area contributed by atoms with Crippen molar-refractivity contribution in [1.82, 2.24) is 0 Å². The predicted octanol–water partition coefficient (Wildman–Crippen LogP) is 3.73. The molecule has 1 N–H and O–H groups in total. The molecule has 1 aliphatic heterocycles. The molecule has 0 bridgehead atoms. The first kappa shape index (κ1) is 13.4. The van der Waals surface area contributed by atoms with E-state index in [0.717, 1.165) is 24.3 Å². The van der Waals surface area contributed by atoms with Crippen molar-refractivity contribution in [3.05, 3.63) is 24.0 Å². The van der Waals surface area contributed by atoms with Crippen molar-refractivity contribution in [2.24, 2.45) is 0 Å². The molecule has 1 fully saturated rings. The van der Waals surface area contributed by atoms with Crippen molar-refractivity contribution in [1.29, 1.82) is 0 Å². The maximum atomic E-state index is 13.5. The van der Waals surface area contributed by atoms with E-state index in [0.29, 0.717) is 11.7 Å². The molecule has 2 rings (SSSR count). The third kappa shape index (κ3) is 3.73. The summed E-state index contributed by atoms with van der Waals surface area (Å²) < 4.78 is 41.4. The summed E-state index contributed by atoms with van der Waals surface area (Å²) in [4.78, 5) is 0. The average Bonchev–Trinajstić information content (AvgIpc) is 2.33. The highest BCUT2D eigenvalue weighted by molar-refractivity contribution is 7.99. The third-order valence-electron chi connectivity index (χ3n) is 2.68. The summed E-state index contributed by atoms with van der Waals surface area (Å²) >= 11 is 1.86. The van der Waals surface area contributed by atoms with Gasteiger partial charge >= 0.3 is 6.61 Å². The molecule has 0 saturated carbocycles. The predicted molar refractivity (Wildman–Crippen MR) is 67.0 cm³/mol. The second-order valence-corrected chi connectivity index (χ2v) is 5.23. The minimum atomic E-state index is -3.01. The van der Waals surface area contributed by atoms with Gasteiger partial charge in [0, 0.05) is 23.5 Å². The lowest BCUT2D eigenvalue weighted by molar-refractivity contribution is -0.0521. The van der Waals surface area contributed by atoms with Crippen LogP contribution in [-0.2, 0) is 0 Å². The number of hydrogen-bond donors (Lipinski definition) is 1. The fourth-order valence-corrected chi connectivity index (χ4v) is 2.94. The summed E-state index contributed by atoms with van der Waals surface area (Å²) in [6, 6.07) is 4.28. The van der Waals surface area contributed by atoms with Gasteiger partial charge in [0.1, 0.15) is 0 Å². The molecule has 100 valence electrons. The number of halogens is 3. The Hall–Kier alpha value is -1.04. The lowest BCUT2D eigenvalue weighted by Crippen LogP contribution is -2.25. The molecule has 0 aromatic heterocycles. The van der Waals surface area contributed by atoms with Gasteiger partial charge in [-0.05, 0) is 30.7 Å². The molecule has 0 amide bonds. The zero-order valence-electron chi connectivity index (χ0n) is 9.67. The summed E-state index contributed by atoms with van der Waals surface area (Å²) in [5.41, 5.74) is 0.599. The Morgan fingerprint density at radius 3 is 2.83 bits per heavy atom. The van der Waals surface area contributed by atoms with Crippen molar-refractivity contribution in [2.75, 3.05) is 16.8 Å². The summed E-state index contributed by atoms with van der Waals surface area (Å²) in [5.74, 6) is 0.947. The average molecular weight is 277 g/mol. The van der Waals surface area contributed by atoms with Crippen molar-refractivity contribution in [2.45, 2.75) is 25.5 Å². The monoisotopic (exact) mass is 277 g/mol. The molecule has 0 aliphatic carbocycles. The van der Waals surface area contributed by atoms with Crippen LogP contribution in [0.3, 0.4) is 0 Å². The van der Waals surface area contributed by atoms with Gasteiger partial charge in [-0.25, -0.2) is 4.39 Å². The Morgan fingerprint density at radius 1 is 1.39 bits per heavy atom. The van der Waals surface area contributed by atoms with Crippen LogP contribution in [0.15, 0.2) is 18.2 Å². The lowest BCUT2D eigenvalue weighted by atomic mass is 10.1. The number of thioether (sulfide) groups is 1. The van der Waals surface area contributed by atoms with Crippen molar-refractivity contribution in [3.8, 4) is 5.75 Å². The first-order chi connectivity index (χ1) is 8.65. The smallest absolute Gasteiger partial charge is 0.387 e. The van der Waals surface area contributed by atoms with Crippen LogP contribution in [0.25, 0.3) is 0 Å². The molecule has 1 aliphatic rings. The van der Waals surface area contributed by atoms with E-state index in [9.17, 15) is 13.2 Å². The SMILES string of the molecule is Fc1cc(NC2CCCSC2)ccc1OC(F)F. The van der Waals surface area contributed by atoms with Crippen LogP contribution in [0.4, 0.5) is 18.9 Å². The molecule has 2 nitrogen and oxygen atoms in total. The summed E-state index contributed by atoms with van der Waals surface area (Å²) in [7, 11) is 0. The van der Waals surface area contributed by atoms with Crippen molar-refractivity contribution >= 4 is 17.4 Å². The van der Waals surface area contributed by atoms with Crippen LogP contribution in [0.5, 0.6) is 5.75 Å². The number of hydrogen-bond acceptors (Lipinski definition) is 3. The largest absolute Gasteiger partial charge is 0.432 e. The van der Waals surface area contributed by atoms with Gasteiger partial charge in [0.25, 0.3) is 0 Å². The van der Waals surface area contributed by atoms with Crippen LogP contribution in [-0.4, -0.2) is 24.2 Å². The number of ether oxygens (including phenoxy) is 1. The molecular weight excluding hydrogens is 263 g/mol. The minimum Gasteiger partial charge on any atom is -0.432 e. The van der Waals surface area contributed by atoms with Crippen LogP contribution in [0.2, 0.25) is 0 Å². The van der Waals surface area contributed by atoms with E-state index in [2.05, 4.69) is 10.1 Å². The van der Waals surface area contributed by atoms with Crippen molar-refractivity contribution < 1.29 is 17.9 Å². The Bertz CT molecular complexity index is 397. The Morgan fingerprint density at radius 2 is 2.22 bits per heavy atom. The summed E-state index contributed by atoms with van der Waals surface area (Å²) in [6.45, 7) is -3.01. The maximum absolute atomic E-state index is 13.5. The van der Waals surface area contributed by atoms with Crippen LogP contribution >= 0.6 is 11.8 Å². The Balaban J connectivity index is 1.99. The first-order valence-electron chi connectivity index (χ1n) is 5.74. The second-order valence-electron chi connectivity index (χ2n) is 4.08. The van der Waals surface area contributed by atoms with E-state index in [1.54, 1.807) is 6.07 Å². The first-order valence-corrected chi connectivity index (χ1v) is 6.89. The van der Waals surface area contributed by atoms with E-state index in [4.69, 9.17) is 0 Å². The van der Waals surface area contributed by atoms with Gasteiger partial charge < -0.3 is 10.1 Å². The highest BCUT2D eigenvalue weighted by Crippen LogP contribution is 2.25. The summed E-state index contributed by atoms with van der Waals surface area (Å²) in [5, 5.41) is 3.20. The highest BCUT2D eigenvalue weighted by atomic mass is 32.2. The third-order valence-corrected chi connectivity index (χ3v) is 3.89. The molecular formula is C12H14F3NOS. The number of rotatable bonds is 4. The van der Waals surface area contributed by atoms with Gasteiger partial charge in [-0.2, -0.15) is 20.5 Å². The van der Waals surface area contributed by atoms with Gasteiger partial charge in [-0.1, -0.05) is 0 Å². The zero-order valence-corrected chi connectivity index (χ0v) is 10.5. The highest BCUT2D eigenvalue weighted by Gasteiger charge is 2.15. The fourth-order valence-electron chi connectivity index (χ4n) is 1.87. The normalized spacial score (nSPS) is 19.9. The molecule has 0 radical (unpaired) electrons. The number of anilines is 1. The molecule has 18 heavy (non-hydrogen) atoms. The van der Waals surface area contributed by atoms with E-state index in [-0.39, 0.29) is 0 Å². The second kappa shape index (κ2) is 6.22. The topological polar surface area (TPSA) is 21.3 Å². The van der Waals surface area contributed by atoms with Crippen molar-refractivity contribution in [3.63, 3.8) is 0 Å². The zero-order chi connectivity index (χ0) is 13.0. The van der Waals surface area contributed by atoms with Gasteiger partial charge in [0.2, 0.25) is 0 Å². The fraction of sp³-hybridized carbons (Fsp3) is 0.500. The molecule has 1 atom stereocenters. The number of alkyl halides is 2. The van der Waals surface area contributed by atoms with Gasteiger partial charge in [-0.3, -0.25) is 0 Å². The maximum Gasteiger partial charge on any atom is 0.387 e. The van der Waals surface area contributed by atoms with Gasteiger partial charge in [0.05, 0.1) is 0 Å². The molecule has 6 heteroatoms. The van der Waals surface area contributed by atoms with Gasteiger partial charge in [0.15, 0.2) is 11.6 Å². The molecule has 1 unspecified atom stereocenters. The standard InChI is InChI=1S/C12H14F3NOS/c13-10-6-8(3-4-11(10)17-12(14)15)16-9-2-1-5-18-7-9/h3-4,6,9,12,16H,1-2,5,7H2. The summed E-state index contributed by atoms with van der Waals surface area (Å²) in [6.07, 6.45) is 2.18. The molecule has 1 aromatic carbocycles. The number of nitrogens with one attached hydrogen (secondary N) is 1. The lowest BCUT2D eigenvalue weighted by Gasteiger charge is -2.23. The van der Waals surface area contributed by atoms with E-state index in [1.807, 2.05) is 11.8 Å². The molecule has 1 heterocycles. The van der Waals surface area contributed by atoms with E-state index >= 15 is 0 Å². The number of benzene rings is 1. The minimum absolute atomic E-state index is 0.310. The molecule has 1 saturated heterocycles. The van der Waals surface area contributed by atoms with Crippen LogP contribution in [0.1, 0.15) is 12.8 Å². The Labute approximate surface area is 108 Å². The quantitative estimate of drug-likeness (QED) is 0.906. The Kier molecular flexibility index (Phi) is 4.63. The van der Waals surface area contributed by atoms with E-state index in [1.165, 1.54) is 12.1 Å². The van der Waals surface area contributed by atoms with Crippen LogP contribution in [0, 0.1) is 5.82 Å². The molecule has 1 aromatic rings. The van der Waals surface area contributed by atoms with E-state index < -0.39 is 18.2 Å². The van der Waals surface area contributed by atoms with Gasteiger partial charge in [-0.15, -0.1) is 0 Å².